The number of carbonyl (C=O) groups excluding carboxylic acids is 2. The predicted molar refractivity (Wildman–Crippen MR) is 104 cm³/mol. The van der Waals surface area contributed by atoms with E-state index in [1.165, 1.54) is 0 Å². The van der Waals surface area contributed by atoms with E-state index in [4.69, 9.17) is 5.73 Å². The SMILES string of the molecule is Cc1cc(C)c(NC(=O)CNC(=O)C2CCCCC2(C)N)c(C)c1.Cl. The van der Waals surface area contributed by atoms with Crippen molar-refractivity contribution in [2.75, 3.05) is 11.9 Å². The van der Waals surface area contributed by atoms with Crippen molar-refractivity contribution < 1.29 is 9.59 Å². The maximum Gasteiger partial charge on any atom is 0.243 e. The van der Waals surface area contributed by atoms with Crippen molar-refractivity contribution in [2.45, 2.75) is 58.9 Å². The molecule has 0 saturated heterocycles. The van der Waals surface area contributed by atoms with Gasteiger partial charge in [0.15, 0.2) is 0 Å². The Kier molecular flexibility index (Phi) is 7.44. The van der Waals surface area contributed by atoms with E-state index in [0.29, 0.717) is 0 Å². The van der Waals surface area contributed by atoms with Crippen molar-refractivity contribution in [3.63, 3.8) is 0 Å². The molecule has 25 heavy (non-hydrogen) atoms. The molecule has 1 saturated carbocycles. The van der Waals surface area contributed by atoms with E-state index < -0.39 is 5.54 Å². The Morgan fingerprint density at radius 1 is 1.20 bits per heavy atom. The lowest BCUT2D eigenvalue weighted by atomic mass is 9.74. The number of amides is 2. The van der Waals surface area contributed by atoms with Gasteiger partial charge in [0.2, 0.25) is 11.8 Å². The van der Waals surface area contributed by atoms with Crippen molar-refractivity contribution in [1.82, 2.24) is 5.32 Å². The van der Waals surface area contributed by atoms with Gasteiger partial charge in [-0.1, -0.05) is 30.5 Å². The summed E-state index contributed by atoms with van der Waals surface area (Å²) in [5.74, 6) is -0.554. The van der Waals surface area contributed by atoms with Crippen LogP contribution in [0.4, 0.5) is 5.69 Å². The van der Waals surface area contributed by atoms with Gasteiger partial charge in [-0.3, -0.25) is 9.59 Å². The van der Waals surface area contributed by atoms with Crippen LogP contribution in [0.15, 0.2) is 12.1 Å². The topological polar surface area (TPSA) is 84.2 Å². The number of halogens is 1. The van der Waals surface area contributed by atoms with Gasteiger partial charge < -0.3 is 16.4 Å². The zero-order chi connectivity index (χ0) is 17.9. The highest BCUT2D eigenvalue weighted by molar-refractivity contribution is 5.96. The van der Waals surface area contributed by atoms with Crippen molar-refractivity contribution in [3.05, 3.63) is 28.8 Å². The normalized spacial score (nSPS) is 22.7. The van der Waals surface area contributed by atoms with Crippen molar-refractivity contribution in [1.29, 1.82) is 0 Å². The molecule has 0 radical (unpaired) electrons. The fraction of sp³-hybridized carbons (Fsp3) is 0.579. The number of nitrogens with one attached hydrogen (secondary N) is 2. The number of nitrogens with two attached hydrogens (primary N) is 1. The molecule has 5 nitrogen and oxygen atoms in total. The minimum Gasteiger partial charge on any atom is -0.347 e. The largest absolute Gasteiger partial charge is 0.347 e. The van der Waals surface area contributed by atoms with Crippen LogP contribution >= 0.6 is 12.4 Å². The summed E-state index contributed by atoms with van der Waals surface area (Å²) in [6.07, 6.45) is 3.71. The number of benzene rings is 1. The summed E-state index contributed by atoms with van der Waals surface area (Å²) in [4.78, 5) is 24.6. The molecule has 0 aromatic heterocycles. The Balaban J connectivity index is 0.00000312. The molecule has 2 unspecified atom stereocenters. The van der Waals surface area contributed by atoms with E-state index in [1.54, 1.807) is 0 Å². The van der Waals surface area contributed by atoms with E-state index in [1.807, 2.05) is 39.8 Å². The summed E-state index contributed by atoms with van der Waals surface area (Å²) in [7, 11) is 0. The van der Waals surface area contributed by atoms with Gasteiger partial charge in [-0.15, -0.1) is 12.4 Å². The average molecular weight is 368 g/mol. The molecule has 2 amide bonds. The Bertz CT molecular complexity index is 621. The maximum absolute atomic E-state index is 12.4. The number of hydrogen-bond acceptors (Lipinski definition) is 3. The molecule has 1 aromatic rings. The molecule has 2 atom stereocenters. The van der Waals surface area contributed by atoms with E-state index in [9.17, 15) is 9.59 Å². The van der Waals surface area contributed by atoms with Crippen molar-refractivity contribution >= 4 is 29.9 Å². The monoisotopic (exact) mass is 367 g/mol. The molecule has 0 spiro atoms. The van der Waals surface area contributed by atoms with Gasteiger partial charge in [0.25, 0.3) is 0 Å². The number of rotatable bonds is 4. The van der Waals surface area contributed by atoms with E-state index in [-0.39, 0.29) is 36.7 Å². The van der Waals surface area contributed by atoms with Crippen LogP contribution in [0, 0.1) is 26.7 Å². The number of aryl methyl sites for hydroxylation is 3. The Hall–Kier alpha value is -1.59. The molecule has 6 heteroatoms. The van der Waals surface area contributed by atoms with Gasteiger partial charge in [-0.2, -0.15) is 0 Å². The summed E-state index contributed by atoms with van der Waals surface area (Å²) in [6.45, 7) is 7.86. The summed E-state index contributed by atoms with van der Waals surface area (Å²) < 4.78 is 0. The number of anilines is 1. The van der Waals surface area contributed by atoms with Gasteiger partial charge in [0.1, 0.15) is 0 Å². The summed E-state index contributed by atoms with van der Waals surface area (Å²) in [6, 6.07) is 4.06. The lowest BCUT2D eigenvalue weighted by Crippen LogP contribution is -2.53. The van der Waals surface area contributed by atoms with E-state index in [2.05, 4.69) is 10.6 Å². The van der Waals surface area contributed by atoms with Gasteiger partial charge in [0.05, 0.1) is 12.5 Å². The molecular formula is C19H30ClN3O2. The minimum atomic E-state index is -0.483. The molecule has 140 valence electrons. The van der Waals surface area contributed by atoms with Gasteiger partial charge in [0, 0.05) is 11.2 Å². The van der Waals surface area contributed by atoms with Crippen LogP contribution < -0.4 is 16.4 Å². The number of carbonyl (C=O) groups is 2. The molecule has 1 fully saturated rings. The molecule has 1 aliphatic rings. The fourth-order valence-electron chi connectivity index (χ4n) is 3.64. The van der Waals surface area contributed by atoms with Crippen LogP contribution in [0.1, 0.15) is 49.3 Å². The smallest absolute Gasteiger partial charge is 0.243 e. The lowest BCUT2D eigenvalue weighted by Gasteiger charge is -2.37. The van der Waals surface area contributed by atoms with Crippen molar-refractivity contribution in [3.8, 4) is 0 Å². The van der Waals surface area contributed by atoms with Crippen LogP contribution in [0.2, 0.25) is 0 Å². The summed E-state index contributed by atoms with van der Waals surface area (Å²) in [5, 5.41) is 5.65. The third-order valence-electron chi connectivity index (χ3n) is 4.94. The third kappa shape index (κ3) is 5.44. The maximum atomic E-state index is 12.4. The van der Waals surface area contributed by atoms with Crippen LogP contribution in [-0.2, 0) is 9.59 Å². The average Bonchev–Trinajstić information content (AvgIpc) is 2.48. The Morgan fingerprint density at radius 3 is 2.36 bits per heavy atom. The highest BCUT2D eigenvalue weighted by Crippen LogP contribution is 2.31. The first-order valence-electron chi connectivity index (χ1n) is 8.65. The van der Waals surface area contributed by atoms with Crippen LogP contribution in [0.5, 0.6) is 0 Å². The minimum absolute atomic E-state index is 0. The highest BCUT2D eigenvalue weighted by Gasteiger charge is 2.37. The fourth-order valence-corrected chi connectivity index (χ4v) is 3.64. The number of hydrogen-bond donors (Lipinski definition) is 3. The van der Waals surface area contributed by atoms with Crippen molar-refractivity contribution in [2.24, 2.45) is 11.7 Å². The van der Waals surface area contributed by atoms with Gasteiger partial charge >= 0.3 is 0 Å². The van der Waals surface area contributed by atoms with Gasteiger partial charge in [-0.05, 0) is 51.7 Å². The third-order valence-corrected chi connectivity index (χ3v) is 4.94. The first kappa shape index (κ1) is 21.5. The van der Waals surface area contributed by atoms with Crippen LogP contribution in [0.3, 0.4) is 0 Å². The molecule has 0 heterocycles. The van der Waals surface area contributed by atoms with E-state index in [0.717, 1.165) is 48.1 Å². The van der Waals surface area contributed by atoms with Gasteiger partial charge in [-0.25, -0.2) is 0 Å². The molecule has 2 rings (SSSR count). The zero-order valence-electron chi connectivity index (χ0n) is 15.6. The highest BCUT2D eigenvalue weighted by atomic mass is 35.5. The quantitative estimate of drug-likeness (QED) is 0.764. The second kappa shape index (κ2) is 8.68. The molecule has 4 N–H and O–H groups in total. The predicted octanol–water partition coefficient (Wildman–Crippen LogP) is 3.00. The lowest BCUT2D eigenvalue weighted by molar-refractivity contribution is -0.130. The Morgan fingerprint density at radius 2 is 1.80 bits per heavy atom. The summed E-state index contributed by atoms with van der Waals surface area (Å²) in [5.41, 5.74) is 9.79. The van der Waals surface area contributed by atoms with Crippen LogP contribution in [0.25, 0.3) is 0 Å². The van der Waals surface area contributed by atoms with Crippen LogP contribution in [-0.4, -0.2) is 23.9 Å². The Labute approximate surface area is 156 Å². The molecule has 1 aromatic carbocycles. The molecule has 1 aliphatic carbocycles. The molecular weight excluding hydrogens is 338 g/mol. The molecule has 0 aliphatic heterocycles. The zero-order valence-corrected chi connectivity index (χ0v) is 16.4. The first-order chi connectivity index (χ1) is 11.2. The molecule has 0 bridgehead atoms. The van der Waals surface area contributed by atoms with E-state index >= 15 is 0 Å². The first-order valence-corrected chi connectivity index (χ1v) is 8.65. The standard InChI is InChI=1S/C19H29N3O2.ClH/c1-12-9-13(2)17(14(3)10-12)22-16(23)11-21-18(24)15-7-5-6-8-19(15,4)20;/h9-10,15H,5-8,11,20H2,1-4H3,(H,21,24)(H,22,23);1H. The second-order valence-electron chi connectivity index (χ2n) is 7.34. The second-order valence-corrected chi connectivity index (χ2v) is 7.34. The summed E-state index contributed by atoms with van der Waals surface area (Å²) >= 11 is 0.